The first-order chi connectivity index (χ1) is 12.7. The number of amidine groups is 2. The fraction of sp³-hybridized carbons (Fsp3) is 0.450. The van der Waals surface area contributed by atoms with Crippen molar-refractivity contribution in [2.24, 2.45) is 10.9 Å². The lowest BCUT2D eigenvalue weighted by Crippen LogP contribution is -2.36. The molecule has 1 saturated heterocycles. The molecule has 0 radical (unpaired) electrons. The largest absolute Gasteiger partial charge is 0.382 e. The summed E-state index contributed by atoms with van der Waals surface area (Å²) in [5.74, 6) is 1.47. The Balaban J connectivity index is 0.00000196. The van der Waals surface area contributed by atoms with E-state index >= 15 is 0 Å². The number of aliphatic imine (C=N–C) groups is 1. The third-order valence-electron chi connectivity index (χ3n) is 5.10. The average molecular weight is 425 g/mol. The fourth-order valence-electron chi connectivity index (χ4n) is 3.40. The van der Waals surface area contributed by atoms with E-state index < -0.39 is 0 Å². The molecular formula is C20H30Cl2N6. The van der Waals surface area contributed by atoms with Crippen LogP contribution < -0.4 is 10.6 Å². The second-order valence-corrected chi connectivity index (χ2v) is 6.88. The van der Waals surface area contributed by atoms with Gasteiger partial charge in [0.15, 0.2) is 5.84 Å². The highest BCUT2D eigenvalue weighted by molar-refractivity contribution is 6.51. The van der Waals surface area contributed by atoms with Gasteiger partial charge in [-0.1, -0.05) is 25.5 Å². The molecule has 0 spiro atoms. The highest BCUT2D eigenvalue weighted by Crippen LogP contribution is 2.22. The summed E-state index contributed by atoms with van der Waals surface area (Å²) in [6.45, 7) is 6.61. The van der Waals surface area contributed by atoms with Gasteiger partial charge in [0.05, 0.1) is 17.1 Å². The van der Waals surface area contributed by atoms with Crippen molar-refractivity contribution in [3.63, 3.8) is 0 Å². The van der Waals surface area contributed by atoms with E-state index in [9.17, 15) is 0 Å². The fourth-order valence-corrected chi connectivity index (χ4v) is 3.40. The zero-order valence-electron chi connectivity index (χ0n) is 16.2. The molecule has 0 unspecified atom stereocenters. The third kappa shape index (κ3) is 6.62. The van der Waals surface area contributed by atoms with Crippen LogP contribution in [0.5, 0.6) is 0 Å². The summed E-state index contributed by atoms with van der Waals surface area (Å²) >= 11 is 0. The van der Waals surface area contributed by atoms with Gasteiger partial charge in [-0.3, -0.25) is 10.8 Å². The molecule has 3 rings (SSSR count). The van der Waals surface area contributed by atoms with Gasteiger partial charge < -0.3 is 15.5 Å². The SMILES string of the molecule is CCC1CCN(CCNc2ccccc2NC2=NC(=N)C=CC2=N)CC1.Cl.Cl. The molecule has 0 atom stereocenters. The molecule has 154 valence electrons. The van der Waals surface area contributed by atoms with Crippen LogP contribution in [0.25, 0.3) is 0 Å². The van der Waals surface area contributed by atoms with Crippen LogP contribution in [0, 0.1) is 16.7 Å². The van der Waals surface area contributed by atoms with Crippen LogP contribution in [0.15, 0.2) is 41.4 Å². The number of rotatable bonds is 6. The maximum absolute atomic E-state index is 7.96. The Hall–Kier alpha value is -1.89. The Morgan fingerprint density at radius 1 is 1.07 bits per heavy atom. The lowest BCUT2D eigenvalue weighted by molar-refractivity contribution is 0.188. The molecule has 2 aliphatic rings. The predicted molar refractivity (Wildman–Crippen MR) is 125 cm³/mol. The molecule has 6 nitrogen and oxygen atoms in total. The quantitative estimate of drug-likeness (QED) is 0.543. The first-order valence-electron chi connectivity index (χ1n) is 9.42. The molecule has 8 heteroatoms. The molecule has 0 aromatic heterocycles. The van der Waals surface area contributed by atoms with Gasteiger partial charge in [0.25, 0.3) is 0 Å². The Morgan fingerprint density at radius 3 is 2.43 bits per heavy atom. The highest BCUT2D eigenvalue weighted by Gasteiger charge is 2.17. The van der Waals surface area contributed by atoms with Gasteiger partial charge >= 0.3 is 0 Å². The minimum atomic E-state index is 0. The number of halogens is 2. The van der Waals surface area contributed by atoms with Crippen molar-refractivity contribution in [2.45, 2.75) is 26.2 Å². The van der Waals surface area contributed by atoms with Crippen molar-refractivity contribution in [3.05, 3.63) is 36.4 Å². The molecule has 28 heavy (non-hydrogen) atoms. The smallest absolute Gasteiger partial charge is 0.158 e. The van der Waals surface area contributed by atoms with E-state index in [1.54, 1.807) is 6.08 Å². The van der Waals surface area contributed by atoms with E-state index in [0.717, 1.165) is 30.4 Å². The number of dihydropyridines is 1. The number of benzene rings is 1. The van der Waals surface area contributed by atoms with Crippen LogP contribution in [0.1, 0.15) is 26.2 Å². The Bertz CT molecular complexity index is 723. The minimum absolute atomic E-state index is 0. The molecule has 0 amide bonds. The maximum Gasteiger partial charge on any atom is 0.158 e. The number of para-hydroxylation sites is 2. The molecule has 1 aromatic carbocycles. The monoisotopic (exact) mass is 424 g/mol. The van der Waals surface area contributed by atoms with Gasteiger partial charge in [-0.25, -0.2) is 4.99 Å². The second kappa shape index (κ2) is 11.8. The molecular weight excluding hydrogens is 395 g/mol. The standard InChI is InChI=1S/C20H28N6.2ClH/c1-2-15-9-12-26(13-10-15)14-11-23-17-5-3-4-6-18(17)24-20-16(21)7-8-19(22)25-20;;/h3-8,15,21,23H,2,9-14H2,1H3,(H2,22,24,25);2*1H. The average Bonchev–Trinajstić information content (AvgIpc) is 2.66. The lowest BCUT2D eigenvalue weighted by atomic mass is 9.94. The van der Waals surface area contributed by atoms with Crippen molar-refractivity contribution in [1.29, 1.82) is 10.8 Å². The van der Waals surface area contributed by atoms with E-state index in [2.05, 4.69) is 27.4 Å². The van der Waals surface area contributed by atoms with Crippen LogP contribution in [-0.2, 0) is 0 Å². The number of piperidine rings is 1. The Morgan fingerprint density at radius 2 is 1.75 bits per heavy atom. The van der Waals surface area contributed by atoms with E-state index in [0.29, 0.717) is 5.84 Å². The number of hydrogen-bond donors (Lipinski definition) is 4. The second-order valence-electron chi connectivity index (χ2n) is 6.88. The van der Waals surface area contributed by atoms with E-state index in [1.807, 2.05) is 24.3 Å². The summed E-state index contributed by atoms with van der Waals surface area (Å²) < 4.78 is 0. The van der Waals surface area contributed by atoms with Gasteiger partial charge in [-0.2, -0.15) is 0 Å². The van der Waals surface area contributed by atoms with Crippen molar-refractivity contribution in [2.75, 3.05) is 36.8 Å². The maximum atomic E-state index is 7.96. The molecule has 1 aromatic rings. The van der Waals surface area contributed by atoms with Crippen molar-refractivity contribution < 1.29 is 0 Å². The molecule has 2 aliphatic heterocycles. The van der Waals surface area contributed by atoms with Crippen LogP contribution in [0.3, 0.4) is 0 Å². The van der Waals surface area contributed by atoms with Crippen molar-refractivity contribution in [3.8, 4) is 0 Å². The summed E-state index contributed by atoms with van der Waals surface area (Å²) in [7, 11) is 0. The molecule has 0 saturated carbocycles. The Kier molecular flexibility index (Phi) is 10.2. The summed E-state index contributed by atoms with van der Waals surface area (Å²) in [6.07, 6.45) is 7.05. The van der Waals surface area contributed by atoms with Crippen LogP contribution in [0.2, 0.25) is 0 Å². The number of nitrogens with zero attached hydrogens (tertiary/aromatic N) is 2. The number of anilines is 2. The van der Waals surface area contributed by atoms with E-state index in [4.69, 9.17) is 10.8 Å². The third-order valence-corrected chi connectivity index (χ3v) is 5.10. The Labute approximate surface area is 179 Å². The summed E-state index contributed by atoms with van der Waals surface area (Å²) in [5.41, 5.74) is 2.16. The number of hydrogen-bond acceptors (Lipinski definition) is 5. The van der Waals surface area contributed by atoms with Crippen LogP contribution >= 0.6 is 24.8 Å². The number of nitrogens with one attached hydrogen (secondary N) is 4. The van der Waals surface area contributed by atoms with Crippen LogP contribution in [-0.4, -0.2) is 48.5 Å². The zero-order valence-corrected chi connectivity index (χ0v) is 17.8. The highest BCUT2D eigenvalue weighted by atomic mass is 35.5. The van der Waals surface area contributed by atoms with Gasteiger partial charge in [0.2, 0.25) is 0 Å². The lowest BCUT2D eigenvalue weighted by Gasteiger charge is -2.31. The summed E-state index contributed by atoms with van der Waals surface area (Å²) in [4.78, 5) is 6.64. The van der Waals surface area contributed by atoms with Gasteiger partial charge in [0.1, 0.15) is 5.84 Å². The minimum Gasteiger partial charge on any atom is -0.382 e. The predicted octanol–water partition coefficient (Wildman–Crippen LogP) is 4.44. The van der Waals surface area contributed by atoms with E-state index in [1.165, 1.54) is 38.4 Å². The molecule has 4 N–H and O–H groups in total. The first kappa shape index (κ1) is 24.1. The normalized spacial score (nSPS) is 17.4. The molecule has 2 heterocycles. The molecule has 1 fully saturated rings. The van der Waals surface area contributed by atoms with Gasteiger partial charge in [0, 0.05) is 13.1 Å². The molecule has 0 bridgehead atoms. The molecule has 0 aliphatic carbocycles. The van der Waals surface area contributed by atoms with E-state index in [-0.39, 0.29) is 36.4 Å². The van der Waals surface area contributed by atoms with Gasteiger partial charge in [-0.05, 0) is 56.1 Å². The zero-order chi connectivity index (χ0) is 18.4. The summed E-state index contributed by atoms with van der Waals surface area (Å²) in [5, 5.41) is 22.3. The van der Waals surface area contributed by atoms with Crippen molar-refractivity contribution >= 4 is 53.6 Å². The van der Waals surface area contributed by atoms with Crippen molar-refractivity contribution in [1.82, 2.24) is 4.90 Å². The summed E-state index contributed by atoms with van der Waals surface area (Å²) in [6, 6.07) is 7.94. The first-order valence-corrected chi connectivity index (χ1v) is 9.42. The van der Waals surface area contributed by atoms with Gasteiger partial charge in [-0.15, -0.1) is 24.8 Å². The number of likely N-dealkylation sites (tertiary alicyclic amines) is 1. The topological polar surface area (TPSA) is 87.4 Å². The van der Waals surface area contributed by atoms with Crippen LogP contribution in [0.4, 0.5) is 11.4 Å².